The van der Waals surface area contributed by atoms with Gasteiger partial charge in [-0.3, -0.25) is 9.59 Å². The van der Waals surface area contributed by atoms with Crippen LogP contribution in [0.1, 0.15) is 46.4 Å². The van der Waals surface area contributed by atoms with Crippen LogP contribution in [0.4, 0.5) is 17.6 Å². The smallest absolute Gasteiger partial charge is 0.253 e. The van der Waals surface area contributed by atoms with Crippen molar-refractivity contribution in [1.82, 2.24) is 10.6 Å². The molecule has 3 rings (SSSR count). The Morgan fingerprint density at radius 2 is 1.03 bits per heavy atom. The summed E-state index contributed by atoms with van der Waals surface area (Å²) in [5, 5.41) is 4.83. The molecule has 2 amide bonds. The summed E-state index contributed by atoms with van der Waals surface area (Å²) in [4.78, 5) is 25.1. The largest absolute Gasteiger partial charge is 0.347 e. The zero-order valence-electron chi connectivity index (χ0n) is 15.4. The fourth-order valence-electron chi connectivity index (χ4n) is 3.36. The average Bonchev–Trinajstić information content (AvgIpc) is 2.68. The molecular weight excluding hydrogens is 447 g/mol. The Morgan fingerprint density at radius 1 is 0.700 bits per heavy atom. The van der Waals surface area contributed by atoms with Gasteiger partial charge in [0.05, 0.1) is 21.2 Å². The van der Waals surface area contributed by atoms with Crippen molar-refractivity contribution in [1.29, 1.82) is 0 Å². The minimum atomic E-state index is -1.22. The lowest BCUT2D eigenvalue weighted by molar-refractivity contribution is 0.0862. The van der Waals surface area contributed by atoms with Crippen molar-refractivity contribution in [3.8, 4) is 0 Å². The molecule has 10 heteroatoms. The molecule has 1 fully saturated rings. The summed E-state index contributed by atoms with van der Waals surface area (Å²) in [5.41, 5.74) is -0.482. The zero-order chi connectivity index (χ0) is 22.0. The highest BCUT2D eigenvalue weighted by molar-refractivity contribution is 6.34. The van der Waals surface area contributed by atoms with E-state index in [-0.39, 0.29) is 21.2 Å². The van der Waals surface area contributed by atoms with Crippen molar-refractivity contribution >= 4 is 35.0 Å². The first-order valence-corrected chi connectivity index (χ1v) is 9.83. The summed E-state index contributed by atoms with van der Waals surface area (Å²) in [6, 6.07) is 1.73. The number of carbonyl (C=O) groups excluding carboxylic acids is 2. The number of nitrogens with one attached hydrogen (secondary N) is 2. The molecule has 0 spiro atoms. The van der Waals surface area contributed by atoms with E-state index in [1.165, 1.54) is 0 Å². The summed E-state index contributed by atoms with van der Waals surface area (Å²) in [6.45, 7) is 0. The maximum absolute atomic E-state index is 13.5. The maximum atomic E-state index is 13.5. The van der Waals surface area contributed by atoms with Crippen LogP contribution in [0.15, 0.2) is 24.3 Å². The number of benzene rings is 2. The van der Waals surface area contributed by atoms with Gasteiger partial charge < -0.3 is 10.6 Å². The number of carbonyl (C=O) groups is 2. The van der Waals surface area contributed by atoms with Crippen LogP contribution >= 0.6 is 23.2 Å². The van der Waals surface area contributed by atoms with E-state index >= 15 is 0 Å². The molecule has 0 aliphatic heterocycles. The molecule has 0 bridgehead atoms. The Hall–Kier alpha value is -2.32. The fourth-order valence-corrected chi connectivity index (χ4v) is 3.83. The van der Waals surface area contributed by atoms with Crippen LogP contribution in [0.5, 0.6) is 0 Å². The summed E-state index contributed by atoms with van der Waals surface area (Å²) in [6.07, 6.45) is 2.52. The van der Waals surface area contributed by atoms with Gasteiger partial charge in [-0.25, -0.2) is 17.6 Å². The Bertz CT molecular complexity index is 924. The highest BCUT2D eigenvalue weighted by atomic mass is 35.5. The summed E-state index contributed by atoms with van der Waals surface area (Å²) in [7, 11) is 0. The molecule has 2 aromatic carbocycles. The molecule has 0 saturated heterocycles. The number of hydrogen-bond acceptors (Lipinski definition) is 2. The van der Waals surface area contributed by atoms with Crippen LogP contribution in [-0.2, 0) is 0 Å². The van der Waals surface area contributed by atoms with Gasteiger partial charge in [0.25, 0.3) is 11.8 Å². The van der Waals surface area contributed by atoms with Crippen molar-refractivity contribution in [2.24, 2.45) is 0 Å². The Labute approximate surface area is 179 Å². The van der Waals surface area contributed by atoms with E-state index in [1.54, 1.807) is 0 Å². The molecule has 0 heterocycles. The Kier molecular flexibility index (Phi) is 6.88. The Balaban J connectivity index is 1.75. The summed E-state index contributed by atoms with van der Waals surface area (Å²) < 4.78 is 53.5. The molecule has 30 heavy (non-hydrogen) atoms. The van der Waals surface area contributed by atoms with Gasteiger partial charge in [-0.2, -0.15) is 0 Å². The van der Waals surface area contributed by atoms with E-state index in [0.29, 0.717) is 37.1 Å². The molecule has 2 aromatic rings. The van der Waals surface area contributed by atoms with E-state index in [2.05, 4.69) is 10.6 Å². The van der Waals surface area contributed by atoms with E-state index in [4.69, 9.17) is 23.2 Å². The van der Waals surface area contributed by atoms with Gasteiger partial charge in [0.2, 0.25) is 0 Å². The van der Waals surface area contributed by atoms with Gasteiger partial charge in [-0.05, 0) is 37.1 Å². The van der Waals surface area contributed by atoms with Crippen molar-refractivity contribution in [2.75, 3.05) is 0 Å². The van der Waals surface area contributed by atoms with E-state index in [0.717, 1.165) is 12.8 Å². The first kappa shape index (κ1) is 22.4. The SMILES string of the molecule is O=C(N[C@H]1CCCC[C@H]1NC(=O)c1cc(F)c(F)cc1Cl)c1cc(F)c(F)cc1Cl. The molecule has 4 nitrogen and oxygen atoms in total. The number of amides is 2. The highest BCUT2D eigenvalue weighted by Gasteiger charge is 2.30. The topological polar surface area (TPSA) is 58.2 Å². The lowest BCUT2D eigenvalue weighted by atomic mass is 9.89. The van der Waals surface area contributed by atoms with E-state index < -0.39 is 47.2 Å². The van der Waals surface area contributed by atoms with Crippen LogP contribution in [-0.4, -0.2) is 23.9 Å². The van der Waals surface area contributed by atoms with Gasteiger partial charge in [0.15, 0.2) is 23.3 Å². The number of hydrogen-bond donors (Lipinski definition) is 2. The van der Waals surface area contributed by atoms with Gasteiger partial charge >= 0.3 is 0 Å². The average molecular weight is 463 g/mol. The quantitative estimate of drug-likeness (QED) is 0.494. The fraction of sp³-hybridized carbons (Fsp3) is 0.300. The first-order valence-electron chi connectivity index (χ1n) is 9.08. The molecule has 160 valence electrons. The second-order valence-corrected chi connectivity index (χ2v) is 7.75. The lowest BCUT2D eigenvalue weighted by Gasteiger charge is -2.33. The summed E-state index contributed by atoms with van der Waals surface area (Å²) in [5.74, 6) is -6.24. The Morgan fingerprint density at radius 3 is 1.40 bits per heavy atom. The highest BCUT2D eigenvalue weighted by Crippen LogP contribution is 2.24. The third-order valence-electron chi connectivity index (χ3n) is 4.91. The third kappa shape index (κ3) is 4.87. The molecule has 0 radical (unpaired) electrons. The van der Waals surface area contributed by atoms with Crippen LogP contribution in [0.25, 0.3) is 0 Å². The maximum Gasteiger partial charge on any atom is 0.253 e. The standard InChI is InChI=1S/C20H16Cl2F4N2O2/c21-11-7-15(25)13(23)5-9(11)19(29)27-17-3-1-2-4-18(17)28-20(30)10-6-14(24)16(26)8-12(10)22/h5-8,17-18H,1-4H2,(H,27,29)(H,28,30)/t17-,18+. The van der Waals surface area contributed by atoms with Crippen molar-refractivity contribution in [3.05, 3.63) is 68.7 Å². The lowest BCUT2D eigenvalue weighted by Crippen LogP contribution is -2.53. The normalized spacial score (nSPS) is 18.7. The number of halogens is 6. The van der Waals surface area contributed by atoms with Gasteiger partial charge in [-0.1, -0.05) is 36.0 Å². The molecule has 1 saturated carbocycles. The molecule has 0 unspecified atom stereocenters. The minimum Gasteiger partial charge on any atom is -0.347 e. The van der Waals surface area contributed by atoms with Crippen molar-refractivity contribution in [2.45, 2.75) is 37.8 Å². The third-order valence-corrected chi connectivity index (χ3v) is 5.53. The monoisotopic (exact) mass is 462 g/mol. The number of rotatable bonds is 4. The van der Waals surface area contributed by atoms with Gasteiger partial charge in [-0.15, -0.1) is 0 Å². The molecule has 0 aromatic heterocycles. The molecule has 1 aliphatic carbocycles. The summed E-state index contributed by atoms with van der Waals surface area (Å²) >= 11 is 11.7. The molecular formula is C20H16Cl2F4N2O2. The second-order valence-electron chi connectivity index (χ2n) is 6.94. The molecule has 2 N–H and O–H groups in total. The molecule has 1 aliphatic rings. The van der Waals surface area contributed by atoms with Crippen LogP contribution in [0.2, 0.25) is 10.0 Å². The van der Waals surface area contributed by atoms with Gasteiger partial charge in [0, 0.05) is 12.1 Å². The predicted octanol–water partition coefficient (Wildman–Crippen LogP) is 5.02. The second kappa shape index (κ2) is 9.22. The minimum absolute atomic E-state index is 0.241. The van der Waals surface area contributed by atoms with Crippen LogP contribution < -0.4 is 10.6 Å². The van der Waals surface area contributed by atoms with E-state index in [1.807, 2.05) is 0 Å². The van der Waals surface area contributed by atoms with Crippen LogP contribution in [0.3, 0.4) is 0 Å². The molecule has 2 atom stereocenters. The zero-order valence-corrected chi connectivity index (χ0v) is 16.9. The first-order chi connectivity index (χ1) is 14.2. The van der Waals surface area contributed by atoms with Crippen molar-refractivity contribution < 1.29 is 27.2 Å². The van der Waals surface area contributed by atoms with Crippen molar-refractivity contribution in [3.63, 3.8) is 0 Å². The van der Waals surface area contributed by atoms with E-state index in [9.17, 15) is 27.2 Å². The van der Waals surface area contributed by atoms with Crippen LogP contribution in [0, 0.1) is 23.3 Å². The predicted molar refractivity (Wildman–Crippen MR) is 104 cm³/mol. The van der Waals surface area contributed by atoms with Gasteiger partial charge in [0.1, 0.15) is 0 Å².